The third-order valence-electron chi connectivity index (χ3n) is 3.52. The van der Waals surface area contributed by atoms with E-state index in [-0.39, 0.29) is 12.2 Å². The largest absolute Gasteiger partial charge is 0.481 e. The molecule has 0 aliphatic heterocycles. The Kier molecular flexibility index (Phi) is 4.21. The SMILES string of the molecule is Cc1nc(=O)n(Cc2ccon2)c(C)c1CC(C)C(=O)O. The van der Waals surface area contributed by atoms with Gasteiger partial charge in [-0.05, 0) is 25.8 Å². The van der Waals surface area contributed by atoms with Crippen LogP contribution in [-0.2, 0) is 17.8 Å². The Hall–Kier alpha value is -2.44. The molecule has 0 saturated heterocycles. The van der Waals surface area contributed by atoms with Crippen molar-refractivity contribution in [2.45, 2.75) is 33.7 Å². The van der Waals surface area contributed by atoms with Gasteiger partial charge < -0.3 is 9.63 Å². The first-order chi connectivity index (χ1) is 9.90. The summed E-state index contributed by atoms with van der Waals surface area (Å²) in [5.41, 5.74) is 2.31. The van der Waals surface area contributed by atoms with E-state index in [1.807, 2.05) is 0 Å². The predicted octanol–water partition coefficient (Wildman–Crippen LogP) is 1.16. The van der Waals surface area contributed by atoms with E-state index >= 15 is 0 Å². The highest BCUT2D eigenvalue weighted by molar-refractivity contribution is 5.70. The number of carboxylic acid groups (broad SMARTS) is 1. The zero-order chi connectivity index (χ0) is 15.6. The smallest absolute Gasteiger partial charge is 0.348 e. The molecule has 1 unspecified atom stereocenters. The van der Waals surface area contributed by atoms with Crippen molar-refractivity contribution in [3.05, 3.63) is 45.5 Å². The van der Waals surface area contributed by atoms with Crippen molar-refractivity contribution in [2.24, 2.45) is 5.92 Å². The van der Waals surface area contributed by atoms with Gasteiger partial charge in [0.2, 0.25) is 0 Å². The summed E-state index contributed by atoms with van der Waals surface area (Å²) in [6.45, 7) is 5.40. The van der Waals surface area contributed by atoms with E-state index in [1.54, 1.807) is 26.8 Å². The number of hydrogen-bond acceptors (Lipinski definition) is 5. The molecule has 2 aromatic rings. The van der Waals surface area contributed by atoms with Crippen LogP contribution in [0.15, 0.2) is 21.6 Å². The Morgan fingerprint density at radius 1 is 1.48 bits per heavy atom. The van der Waals surface area contributed by atoms with Crippen molar-refractivity contribution < 1.29 is 14.4 Å². The van der Waals surface area contributed by atoms with Crippen LogP contribution in [0.3, 0.4) is 0 Å². The Labute approximate surface area is 121 Å². The molecule has 2 rings (SSSR count). The van der Waals surface area contributed by atoms with Crippen LogP contribution in [0.25, 0.3) is 0 Å². The van der Waals surface area contributed by atoms with Gasteiger partial charge in [0, 0.05) is 17.5 Å². The van der Waals surface area contributed by atoms with Gasteiger partial charge in [0.25, 0.3) is 0 Å². The van der Waals surface area contributed by atoms with E-state index in [0.717, 1.165) is 5.56 Å². The summed E-state index contributed by atoms with van der Waals surface area (Å²) in [6.07, 6.45) is 1.77. The van der Waals surface area contributed by atoms with Gasteiger partial charge in [-0.15, -0.1) is 0 Å². The van der Waals surface area contributed by atoms with Crippen LogP contribution < -0.4 is 5.69 Å². The molecule has 0 radical (unpaired) electrons. The normalized spacial score (nSPS) is 12.3. The highest BCUT2D eigenvalue weighted by Crippen LogP contribution is 2.16. The van der Waals surface area contributed by atoms with Crippen LogP contribution in [0.1, 0.15) is 29.6 Å². The van der Waals surface area contributed by atoms with Gasteiger partial charge in [-0.3, -0.25) is 9.36 Å². The van der Waals surface area contributed by atoms with Gasteiger partial charge in [-0.2, -0.15) is 4.98 Å². The van der Waals surface area contributed by atoms with Gasteiger partial charge in [0.15, 0.2) is 0 Å². The molecule has 2 heterocycles. The number of aromatic nitrogens is 3. The summed E-state index contributed by atoms with van der Waals surface area (Å²) < 4.78 is 6.23. The Morgan fingerprint density at radius 3 is 2.76 bits per heavy atom. The summed E-state index contributed by atoms with van der Waals surface area (Å²) in [7, 11) is 0. The number of aryl methyl sites for hydroxylation is 1. The first kappa shape index (κ1) is 15.0. The second-order valence-corrected chi connectivity index (χ2v) is 5.06. The van der Waals surface area contributed by atoms with E-state index in [2.05, 4.69) is 10.1 Å². The number of carbonyl (C=O) groups is 1. The first-order valence-corrected chi connectivity index (χ1v) is 6.59. The molecule has 112 valence electrons. The minimum Gasteiger partial charge on any atom is -0.481 e. The zero-order valence-corrected chi connectivity index (χ0v) is 12.2. The van der Waals surface area contributed by atoms with E-state index < -0.39 is 11.9 Å². The topological polar surface area (TPSA) is 98.2 Å². The molecule has 21 heavy (non-hydrogen) atoms. The first-order valence-electron chi connectivity index (χ1n) is 6.59. The molecular formula is C14H17N3O4. The summed E-state index contributed by atoms with van der Waals surface area (Å²) in [5, 5.41) is 12.8. The maximum Gasteiger partial charge on any atom is 0.348 e. The van der Waals surface area contributed by atoms with Crippen molar-refractivity contribution in [3.8, 4) is 0 Å². The van der Waals surface area contributed by atoms with Gasteiger partial charge in [0.1, 0.15) is 12.0 Å². The molecule has 0 saturated carbocycles. The monoisotopic (exact) mass is 291 g/mol. The van der Waals surface area contributed by atoms with Crippen LogP contribution in [0.4, 0.5) is 0 Å². The maximum atomic E-state index is 12.0. The standard InChI is InChI=1S/C14H17N3O4/c1-8(13(18)19)6-12-9(2)15-14(20)17(10(12)3)7-11-4-5-21-16-11/h4-5,8H,6-7H2,1-3H3,(H,18,19). The molecule has 0 amide bonds. The molecule has 2 aromatic heterocycles. The van der Waals surface area contributed by atoms with Crippen molar-refractivity contribution in [3.63, 3.8) is 0 Å². The average molecular weight is 291 g/mol. The lowest BCUT2D eigenvalue weighted by Gasteiger charge is -2.16. The fourth-order valence-electron chi connectivity index (χ4n) is 2.20. The van der Waals surface area contributed by atoms with Crippen molar-refractivity contribution in [2.75, 3.05) is 0 Å². The molecule has 7 heteroatoms. The van der Waals surface area contributed by atoms with E-state index in [1.165, 1.54) is 10.8 Å². The fourth-order valence-corrected chi connectivity index (χ4v) is 2.20. The minimum absolute atomic E-state index is 0.253. The predicted molar refractivity (Wildman–Crippen MR) is 74.1 cm³/mol. The molecule has 0 aliphatic carbocycles. The second-order valence-electron chi connectivity index (χ2n) is 5.06. The highest BCUT2D eigenvalue weighted by atomic mass is 16.5. The average Bonchev–Trinajstić information content (AvgIpc) is 2.92. The third kappa shape index (κ3) is 3.18. The van der Waals surface area contributed by atoms with E-state index in [0.29, 0.717) is 23.5 Å². The van der Waals surface area contributed by atoms with Crippen LogP contribution in [0.2, 0.25) is 0 Å². The van der Waals surface area contributed by atoms with E-state index in [9.17, 15) is 9.59 Å². The number of hydrogen-bond donors (Lipinski definition) is 1. The van der Waals surface area contributed by atoms with Gasteiger partial charge >= 0.3 is 11.7 Å². The van der Waals surface area contributed by atoms with Crippen LogP contribution in [0, 0.1) is 19.8 Å². The van der Waals surface area contributed by atoms with Crippen LogP contribution >= 0.6 is 0 Å². The number of rotatable bonds is 5. The van der Waals surface area contributed by atoms with Crippen LogP contribution in [0.5, 0.6) is 0 Å². The van der Waals surface area contributed by atoms with Gasteiger partial charge in [-0.25, -0.2) is 4.79 Å². The molecule has 1 atom stereocenters. The quantitative estimate of drug-likeness (QED) is 0.887. The molecule has 1 N–H and O–H groups in total. The lowest BCUT2D eigenvalue weighted by molar-refractivity contribution is -0.141. The summed E-state index contributed by atoms with van der Waals surface area (Å²) >= 11 is 0. The van der Waals surface area contributed by atoms with Crippen LogP contribution in [-0.4, -0.2) is 25.8 Å². The zero-order valence-electron chi connectivity index (χ0n) is 12.2. The Balaban J connectivity index is 2.42. The van der Waals surface area contributed by atoms with Crippen molar-refractivity contribution in [1.29, 1.82) is 0 Å². The van der Waals surface area contributed by atoms with E-state index in [4.69, 9.17) is 9.63 Å². The van der Waals surface area contributed by atoms with Crippen molar-refractivity contribution in [1.82, 2.24) is 14.7 Å². The van der Waals surface area contributed by atoms with Crippen molar-refractivity contribution >= 4 is 5.97 Å². The Bertz CT molecular complexity index is 704. The summed E-state index contributed by atoms with van der Waals surface area (Å²) in [4.78, 5) is 27.0. The maximum absolute atomic E-state index is 12.0. The summed E-state index contributed by atoms with van der Waals surface area (Å²) in [5.74, 6) is -1.41. The number of carboxylic acids is 1. The fraction of sp³-hybridized carbons (Fsp3) is 0.429. The second kappa shape index (κ2) is 5.90. The van der Waals surface area contributed by atoms with Gasteiger partial charge in [-0.1, -0.05) is 12.1 Å². The molecule has 0 bridgehead atoms. The minimum atomic E-state index is -0.872. The number of aliphatic carboxylic acids is 1. The highest BCUT2D eigenvalue weighted by Gasteiger charge is 2.18. The molecule has 0 aromatic carbocycles. The summed E-state index contributed by atoms with van der Waals surface area (Å²) in [6, 6.07) is 1.67. The molecular weight excluding hydrogens is 274 g/mol. The third-order valence-corrected chi connectivity index (χ3v) is 3.52. The lowest BCUT2D eigenvalue weighted by atomic mass is 9.99. The lowest BCUT2D eigenvalue weighted by Crippen LogP contribution is -2.29. The molecule has 0 fully saturated rings. The number of nitrogens with zero attached hydrogens (tertiary/aromatic N) is 3. The molecule has 0 spiro atoms. The molecule has 7 nitrogen and oxygen atoms in total. The Morgan fingerprint density at radius 2 is 2.19 bits per heavy atom. The molecule has 0 aliphatic rings. The van der Waals surface area contributed by atoms with Gasteiger partial charge in [0.05, 0.1) is 12.5 Å².